The van der Waals surface area contributed by atoms with Crippen molar-refractivity contribution < 1.29 is 19.0 Å². The predicted molar refractivity (Wildman–Crippen MR) is 106 cm³/mol. The highest BCUT2D eigenvalue weighted by atomic mass is 16.5. The van der Waals surface area contributed by atoms with Crippen LogP contribution in [-0.4, -0.2) is 32.9 Å². The number of nitrogens with one attached hydrogen (secondary N) is 1. The summed E-state index contributed by atoms with van der Waals surface area (Å²) in [5.41, 5.74) is 5.90. The summed E-state index contributed by atoms with van der Waals surface area (Å²) in [6.45, 7) is 4.00. The van der Waals surface area contributed by atoms with E-state index < -0.39 is 0 Å². The number of methoxy groups -OCH3 is 3. The summed E-state index contributed by atoms with van der Waals surface area (Å²) in [6.07, 6.45) is 2.16. The van der Waals surface area contributed by atoms with Crippen LogP contribution in [0.5, 0.6) is 17.2 Å². The number of benzene rings is 2. The number of aryl methyl sites for hydroxylation is 1. The van der Waals surface area contributed by atoms with Crippen LogP contribution in [0.3, 0.4) is 0 Å². The Labute approximate surface area is 160 Å². The maximum atomic E-state index is 12.5. The normalized spacial score (nSPS) is 11.1. The van der Waals surface area contributed by atoms with Crippen molar-refractivity contribution in [2.75, 3.05) is 21.3 Å². The van der Waals surface area contributed by atoms with Crippen molar-refractivity contribution in [1.29, 1.82) is 0 Å². The van der Waals surface area contributed by atoms with Crippen LogP contribution in [0.2, 0.25) is 0 Å². The largest absolute Gasteiger partial charge is 0.493 e. The monoisotopic (exact) mass is 370 g/mol. The van der Waals surface area contributed by atoms with Gasteiger partial charge in [-0.1, -0.05) is 37.6 Å². The highest BCUT2D eigenvalue weighted by Crippen LogP contribution is 2.38. The predicted octanol–water partition coefficient (Wildman–Crippen LogP) is 3.82. The maximum absolute atomic E-state index is 12.5. The topological polar surface area (TPSA) is 69.2 Å². The Morgan fingerprint density at radius 3 is 2.04 bits per heavy atom. The molecule has 0 bridgehead atoms. The molecule has 2 aromatic rings. The number of ether oxygens (including phenoxy) is 3. The number of carbonyl (C=O) groups is 1. The van der Waals surface area contributed by atoms with Gasteiger partial charge in [-0.15, -0.1) is 0 Å². The first kappa shape index (κ1) is 20.3. The van der Waals surface area contributed by atoms with E-state index in [4.69, 9.17) is 14.2 Å². The molecule has 0 aromatic heterocycles. The number of hydrogen-bond donors (Lipinski definition) is 1. The van der Waals surface area contributed by atoms with Crippen molar-refractivity contribution in [2.45, 2.75) is 26.7 Å². The third kappa shape index (κ3) is 5.00. The van der Waals surface area contributed by atoms with Gasteiger partial charge in [0.15, 0.2) is 11.5 Å². The maximum Gasteiger partial charge on any atom is 0.271 e. The van der Waals surface area contributed by atoms with E-state index in [0.717, 1.165) is 24.1 Å². The van der Waals surface area contributed by atoms with Crippen LogP contribution in [0.15, 0.2) is 41.5 Å². The summed E-state index contributed by atoms with van der Waals surface area (Å²) in [7, 11) is 4.52. The molecule has 0 fully saturated rings. The van der Waals surface area contributed by atoms with E-state index in [0.29, 0.717) is 22.8 Å². The van der Waals surface area contributed by atoms with Crippen LogP contribution < -0.4 is 19.6 Å². The third-order valence-electron chi connectivity index (χ3n) is 4.16. The Balaban J connectivity index is 2.17. The SMILES string of the molecule is CCCc1ccc(C(C)=NNC(=O)c2cc(OC)c(OC)c(OC)c2)cc1. The van der Waals surface area contributed by atoms with E-state index in [1.165, 1.54) is 26.9 Å². The Bertz CT molecular complexity index is 788. The van der Waals surface area contributed by atoms with Gasteiger partial charge in [0.25, 0.3) is 5.91 Å². The third-order valence-corrected chi connectivity index (χ3v) is 4.16. The fourth-order valence-corrected chi connectivity index (χ4v) is 2.68. The van der Waals surface area contributed by atoms with E-state index in [1.807, 2.05) is 19.1 Å². The van der Waals surface area contributed by atoms with Crippen molar-refractivity contribution in [3.05, 3.63) is 53.1 Å². The number of nitrogens with zero attached hydrogens (tertiary/aromatic N) is 1. The summed E-state index contributed by atoms with van der Waals surface area (Å²) < 4.78 is 15.8. The first-order chi connectivity index (χ1) is 13.0. The Morgan fingerprint density at radius 2 is 1.56 bits per heavy atom. The van der Waals surface area contributed by atoms with Gasteiger partial charge in [0.05, 0.1) is 27.0 Å². The smallest absolute Gasteiger partial charge is 0.271 e. The minimum Gasteiger partial charge on any atom is -0.493 e. The van der Waals surface area contributed by atoms with Gasteiger partial charge in [-0.2, -0.15) is 5.10 Å². The summed E-state index contributed by atoms with van der Waals surface area (Å²) in [5, 5.41) is 4.20. The van der Waals surface area contributed by atoms with E-state index in [2.05, 4.69) is 29.6 Å². The quantitative estimate of drug-likeness (QED) is 0.566. The van der Waals surface area contributed by atoms with Gasteiger partial charge >= 0.3 is 0 Å². The number of carbonyl (C=O) groups excluding carboxylic acids is 1. The molecule has 6 heteroatoms. The fraction of sp³-hybridized carbons (Fsp3) is 0.333. The molecule has 0 spiro atoms. The molecule has 6 nitrogen and oxygen atoms in total. The first-order valence-corrected chi connectivity index (χ1v) is 8.78. The molecule has 2 aromatic carbocycles. The van der Waals surface area contributed by atoms with Crippen LogP contribution in [0, 0.1) is 0 Å². The zero-order chi connectivity index (χ0) is 19.8. The van der Waals surface area contributed by atoms with Gasteiger partial charge in [-0.25, -0.2) is 5.43 Å². The lowest BCUT2D eigenvalue weighted by Gasteiger charge is -2.13. The van der Waals surface area contributed by atoms with Crippen LogP contribution >= 0.6 is 0 Å². The molecule has 0 aliphatic carbocycles. The number of hydrazone groups is 1. The van der Waals surface area contributed by atoms with Crippen molar-refractivity contribution in [3.63, 3.8) is 0 Å². The Hall–Kier alpha value is -3.02. The van der Waals surface area contributed by atoms with Crippen molar-refractivity contribution in [2.24, 2.45) is 5.10 Å². The zero-order valence-corrected chi connectivity index (χ0v) is 16.5. The zero-order valence-electron chi connectivity index (χ0n) is 16.5. The molecule has 0 radical (unpaired) electrons. The number of hydrogen-bond acceptors (Lipinski definition) is 5. The Morgan fingerprint density at radius 1 is 0.963 bits per heavy atom. The molecule has 1 N–H and O–H groups in total. The average Bonchev–Trinajstić information content (AvgIpc) is 2.71. The molecule has 1 amide bonds. The molecule has 2 rings (SSSR count). The molecular weight excluding hydrogens is 344 g/mol. The summed E-state index contributed by atoms with van der Waals surface area (Å²) >= 11 is 0. The van der Waals surface area contributed by atoms with E-state index in [-0.39, 0.29) is 5.91 Å². The van der Waals surface area contributed by atoms with E-state index in [1.54, 1.807) is 12.1 Å². The second-order valence-corrected chi connectivity index (χ2v) is 6.00. The first-order valence-electron chi connectivity index (χ1n) is 8.78. The second kappa shape index (κ2) is 9.62. The van der Waals surface area contributed by atoms with Gasteiger partial charge in [0, 0.05) is 5.56 Å². The number of rotatable bonds is 8. The van der Waals surface area contributed by atoms with Gasteiger partial charge in [0.2, 0.25) is 5.75 Å². The summed E-state index contributed by atoms with van der Waals surface area (Å²) in [6, 6.07) is 11.4. The Kier molecular flexibility index (Phi) is 7.23. The highest BCUT2D eigenvalue weighted by molar-refractivity contribution is 6.01. The van der Waals surface area contributed by atoms with Gasteiger partial charge < -0.3 is 14.2 Å². The molecule has 0 atom stereocenters. The van der Waals surface area contributed by atoms with E-state index >= 15 is 0 Å². The van der Waals surface area contributed by atoms with Crippen LogP contribution in [-0.2, 0) is 6.42 Å². The minimum atomic E-state index is -0.365. The van der Waals surface area contributed by atoms with E-state index in [9.17, 15) is 4.79 Å². The standard InChI is InChI=1S/C21H26N2O4/c1-6-7-15-8-10-16(11-9-15)14(2)22-23-21(24)17-12-18(25-3)20(27-5)19(13-17)26-4/h8-13H,6-7H2,1-5H3,(H,23,24). The number of amides is 1. The molecule has 0 aliphatic rings. The molecule has 0 aliphatic heterocycles. The second-order valence-electron chi connectivity index (χ2n) is 6.00. The van der Waals surface area contributed by atoms with Crippen molar-refractivity contribution in [3.8, 4) is 17.2 Å². The van der Waals surface area contributed by atoms with Gasteiger partial charge in [-0.3, -0.25) is 4.79 Å². The highest BCUT2D eigenvalue weighted by Gasteiger charge is 2.16. The lowest BCUT2D eigenvalue weighted by molar-refractivity contribution is 0.0954. The van der Waals surface area contributed by atoms with Crippen LogP contribution in [0.1, 0.15) is 41.8 Å². The lowest BCUT2D eigenvalue weighted by Crippen LogP contribution is -2.19. The lowest BCUT2D eigenvalue weighted by atomic mass is 10.1. The summed E-state index contributed by atoms with van der Waals surface area (Å²) in [5.74, 6) is 0.892. The fourth-order valence-electron chi connectivity index (χ4n) is 2.68. The average molecular weight is 370 g/mol. The molecule has 27 heavy (non-hydrogen) atoms. The summed E-state index contributed by atoms with van der Waals surface area (Å²) in [4.78, 5) is 12.5. The molecule has 0 saturated heterocycles. The van der Waals surface area contributed by atoms with Gasteiger partial charge in [0.1, 0.15) is 0 Å². The minimum absolute atomic E-state index is 0.361. The van der Waals surface area contributed by atoms with Crippen LogP contribution in [0.25, 0.3) is 0 Å². The van der Waals surface area contributed by atoms with Gasteiger partial charge in [-0.05, 0) is 36.6 Å². The van der Waals surface area contributed by atoms with Crippen molar-refractivity contribution in [1.82, 2.24) is 5.43 Å². The molecule has 0 unspecified atom stereocenters. The molecule has 0 heterocycles. The molecular formula is C21H26N2O4. The molecule has 0 saturated carbocycles. The van der Waals surface area contributed by atoms with Crippen molar-refractivity contribution >= 4 is 11.6 Å². The van der Waals surface area contributed by atoms with Crippen LogP contribution in [0.4, 0.5) is 0 Å². The molecule has 144 valence electrons.